The highest BCUT2D eigenvalue weighted by atomic mass is 16.1. The zero-order valence-electron chi connectivity index (χ0n) is 12.6. The molecule has 1 unspecified atom stereocenters. The number of amides is 1. The number of carbonyl (C=O) groups excluding carboxylic acids is 1. The number of benzene rings is 1. The summed E-state index contributed by atoms with van der Waals surface area (Å²) in [6.07, 6.45) is 6.72. The van der Waals surface area contributed by atoms with E-state index in [2.05, 4.69) is 30.2 Å². The van der Waals surface area contributed by atoms with Crippen LogP contribution in [0.2, 0.25) is 0 Å². The van der Waals surface area contributed by atoms with Crippen LogP contribution in [0.1, 0.15) is 51.1 Å². The molecule has 110 valence electrons. The lowest BCUT2D eigenvalue weighted by Gasteiger charge is -2.15. The first-order chi connectivity index (χ1) is 9.63. The number of anilines is 1. The predicted octanol–water partition coefficient (Wildman–Crippen LogP) is 4.04. The molecule has 3 nitrogen and oxygen atoms in total. The minimum atomic E-state index is -0.0371. The Hall–Kier alpha value is -1.61. The summed E-state index contributed by atoms with van der Waals surface area (Å²) in [5, 5.41) is 6.33. The van der Waals surface area contributed by atoms with Crippen molar-refractivity contribution in [2.24, 2.45) is 0 Å². The van der Waals surface area contributed by atoms with Gasteiger partial charge in [-0.3, -0.25) is 4.79 Å². The molecule has 0 aliphatic heterocycles. The van der Waals surface area contributed by atoms with E-state index in [0.717, 1.165) is 18.7 Å². The summed E-state index contributed by atoms with van der Waals surface area (Å²) in [4.78, 5) is 11.1. The van der Waals surface area contributed by atoms with Gasteiger partial charge < -0.3 is 10.6 Å². The smallest absolute Gasteiger partial charge is 0.221 e. The molecule has 0 saturated heterocycles. The molecule has 3 heteroatoms. The van der Waals surface area contributed by atoms with Crippen LogP contribution in [0.4, 0.5) is 5.69 Å². The van der Waals surface area contributed by atoms with Gasteiger partial charge in [-0.2, -0.15) is 0 Å². The Morgan fingerprint density at radius 1 is 1.35 bits per heavy atom. The van der Waals surface area contributed by atoms with E-state index < -0.39 is 0 Å². The number of carbonyl (C=O) groups is 1. The molecule has 0 spiro atoms. The third kappa shape index (κ3) is 6.53. The fraction of sp³-hybridized carbons (Fsp3) is 0.471. The normalized spacial score (nSPS) is 11.9. The molecule has 1 rings (SSSR count). The summed E-state index contributed by atoms with van der Waals surface area (Å²) in [6.45, 7) is 8.42. The maximum atomic E-state index is 11.1. The first-order valence-corrected chi connectivity index (χ1v) is 7.35. The highest BCUT2D eigenvalue weighted by molar-refractivity contribution is 5.88. The summed E-state index contributed by atoms with van der Waals surface area (Å²) < 4.78 is 0. The van der Waals surface area contributed by atoms with Crippen molar-refractivity contribution in [1.29, 1.82) is 0 Å². The molecule has 0 heterocycles. The SMILES string of the molecule is C=CCCCCCNC(C)c1cccc(NC(C)=O)c1. The molecule has 0 saturated carbocycles. The van der Waals surface area contributed by atoms with E-state index in [1.807, 2.05) is 24.3 Å². The summed E-state index contributed by atoms with van der Waals surface area (Å²) in [5.41, 5.74) is 2.05. The summed E-state index contributed by atoms with van der Waals surface area (Å²) in [7, 11) is 0. The Bertz CT molecular complexity index is 429. The number of hydrogen-bond donors (Lipinski definition) is 2. The summed E-state index contributed by atoms with van der Waals surface area (Å²) in [5.74, 6) is -0.0371. The quantitative estimate of drug-likeness (QED) is 0.527. The van der Waals surface area contributed by atoms with Crippen LogP contribution in [-0.4, -0.2) is 12.5 Å². The van der Waals surface area contributed by atoms with Gasteiger partial charge in [0.15, 0.2) is 0 Å². The molecule has 0 fully saturated rings. The van der Waals surface area contributed by atoms with Crippen LogP contribution in [0.25, 0.3) is 0 Å². The summed E-state index contributed by atoms with van der Waals surface area (Å²) >= 11 is 0. The Kier molecular flexibility index (Phi) is 7.66. The first-order valence-electron chi connectivity index (χ1n) is 7.35. The second-order valence-corrected chi connectivity index (χ2v) is 5.12. The van der Waals surface area contributed by atoms with E-state index in [4.69, 9.17) is 0 Å². The average Bonchev–Trinajstić information content (AvgIpc) is 2.42. The Morgan fingerprint density at radius 2 is 2.15 bits per heavy atom. The average molecular weight is 274 g/mol. The van der Waals surface area contributed by atoms with E-state index in [1.54, 1.807) is 0 Å². The van der Waals surface area contributed by atoms with Crippen molar-refractivity contribution in [3.8, 4) is 0 Å². The molecular weight excluding hydrogens is 248 g/mol. The lowest BCUT2D eigenvalue weighted by molar-refractivity contribution is -0.114. The van der Waals surface area contributed by atoms with Gasteiger partial charge in [-0.05, 0) is 50.4 Å². The topological polar surface area (TPSA) is 41.1 Å². The van der Waals surface area contributed by atoms with E-state index >= 15 is 0 Å². The highest BCUT2D eigenvalue weighted by Crippen LogP contribution is 2.17. The molecule has 0 bridgehead atoms. The standard InChI is InChI=1S/C17H26N2O/c1-4-5-6-7-8-12-18-14(2)16-10-9-11-17(13-16)19-15(3)20/h4,9-11,13-14,18H,1,5-8,12H2,2-3H3,(H,19,20). The molecule has 0 aromatic heterocycles. The van der Waals surface area contributed by atoms with E-state index in [-0.39, 0.29) is 5.91 Å². The lowest BCUT2D eigenvalue weighted by Crippen LogP contribution is -2.20. The monoisotopic (exact) mass is 274 g/mol. The summed E-state index contributed by atoms with van der Waals surface area (Å²) in [6, 6.07) is 8.29. The molecule has 1 amide bonds. The molecule has 20 heavy (non-hydrogen) atoms. The minimum absolute atomic E-state index is 0.0371. The van der Waals surface area contributed by atoms with E-state index in [0.29, 0.717) is 6.04 Å². The van der Waals surface area contributed by atoms with Crippen LogP contribution in [0, 0.1) is 0 Å². The fourth-order valence-electron chi connectivity index (χ4n) is 2.12. The van der Waals surface area contributed by atoms with E-state index in [1.165, 1.54) is 31.7 Å². The van der Waals surface area contributed by atoms with Crippen LogP contribution in [-0.2, 0) is 4.79 Å². The van der Waals surface area contributed by atoms with Crippen molar-refractivity contribution in [2.45, 2.75) is 45.6 Å². The first kappa shape index (κ1) is 16.4. The van der Waals surface area contributed by atoms with Crippen LogP contribution in [0.5, 0.6) is 0 Å². The van der Waals surface area contributed by atoms with Gasteiger partial charge in [0, 0.05) is 18.7 Å². The van der Waals surface area contributed by atoms with Gasteiger partial charge >= 0.3 is 0 Å². The van der Waals surface area contributed by atoms with Crippen LogP contribution >= 0.6 is 0 Å². The number of allylic oxidation sites excluding steroid dienone is 1. The van der Waals surface area contributed by atoms with Gasteiger partial charge in [0.05, 0.1) is 0 Å². The van der Waals surface area contributed by atoms with Gasteiger partial charge in [-0.15, -0.1) is 6.58 Å². The molecule has 0 radical (unpaired) electrons. The lowest BCUT2D eigenvalue weighted by atomic mass is 10.1. The van der Waals surface area contributed by atoms with Gasteiger partial charge in [-0.25, -0.2) is 0 Å². The fourth-order valence-corrected chi connectivity index (χ4v) is 2.12. The van der Waals surface area contributed by atoms with Crippen molar-refractivity contribution in [3.05, 3.63) is 42.5 Å². The molecule has 2 N–H and O–H groups in total. The van der Waals surface area contributed by atoms with E-state index in [9.17, 15) is 4.79 Å². The third-order valence-electron chi connectivity index (χ3n) is 3.24. The number of unbranched alkanes of at least 4 members (excludes halogenated alkanes) is 3. The molecule has 1 atom stereocenters. The second kappa shape index (κ2) is 9.32. The molecule has 0 aliphatic rings. The highest BCUT2D eigenvalue weighted by Gasteiger charge is 2.05. The zero-order valence-corrected chi connectivity index (χ0v) is 12.6. The second-order valence-electron chi connectivity index (χ2n) is 5.12. The Morgan fingerprint density at radius 3 is 2.85 bits per heavy atom. The molecule has 1 aromatic rings. The van der Waals surface area contributed by atoms with Crippen LogP contribution < -0.4 is 10.6 Å². The van der Waals surface area contributed by atoms with Gasteiger partial charge in [0.1, 0.15) is 0 Å². The number of rotatable bonds is 9. The van der Waals surface area contributed by atoms with Crippen molar-refractivity contribution in [2.75, 3.05) is 11.9 Å². The van der Waals surface area contributed by atoms with Crippen molar-refractivity contribution in [3.63, 3.8) is 0 Å². The van der Waals surface area contributed by atoms with Crippen molar-refractivity contribution < 1.29 is 4.79 Å². The largest absolute Gasteiger partial charge is 0.326 e. The molecular formula is C17H26N2O. The van der Waals surface area contributed by atoms with Crippen molar-refractivity contribution >= 4 is 11.6 Å². The van der Waals surface area contributed by atoms with Gasteiger partial charge in [0.2, 0.25) is 5.91 Å². The van der Waals surface area contributed by atoms with Crippen LogP contribution in [0.3, 0.4) is 0 Å². The maximum Gasteiger partial charge on any atom is 0.221 e. The minimum Gasteiger partial charge on any atom is -0.326 e. The Balaban J connectivity index is 2.36. The predicted molar refractivity (Wildman–Crippen MR) is 85.8 cm³/mol. The van der Waals surface area contributed by atoms with Crippen LogP contribution in [0.15, 0.2) is 36.9 Å². The third-order valence-corrected chi connectivity index (χ3v) is 3.24. The maximum absolute atomic E-state index is 11.1. The Labute approximate surface area is 122 Å². The van der Waals surface area contributed by atoms with Crippen molar-refractivity contribution in [1.82, 2.24) is 5.32 Å². The molecule has 0 aliphatic carbocycles. The number of nitrogens with one attached hydrogen (secondary N) is 2. The molecule has 1 aromatic carbocycles. The van der Waals surface area contributed by atoms with Gasteiger partial charge in [-0.1, -0.05) is 24.6 Å². The van der Waals surface area contributed by atoms with Gasteiger partial charge in [0.25, 0.3) is 0 Å². The zero-order chi connectivity index (χ0) is 14.8. The number of hydrogen-bond acceptors (Lipinski definition) is 2.